The van der Waals surface area contributed by atoms with Gasteiger partial charge in [-0.3, -0.25) is 24.5 Å². The number of benzene rings is 8. The Balaban J connectivity index is 0.000000231. The zero-order valence-electron chi connectivity index (χ0n) is 44.9. The van der Waals surface area contributed by atoms with Crippen LogP contribution in [0.5, 0.6) is 0 Å². The Labute approximate surface area is 558 Å². The van der Waals surface area contributed by atoms with Gasteiger partial charge in [-0.2, -0.15) is 189 Å². The van der Waals surface area contributed by atoms with Gasteiger partial charge in [-0.25, -0.2) is 22.3 Å². The second-order valence-corrected chi connectivity index (χ2v) is 18.2. The van der Waals surface area contributed by atoms with Gasteiger partial charge >= 0.3 is 112 Å². The van der Waals surface area contributed by atoms with E-state index in [2.05, 4.69) is 125 Å². The fourth-order valence-corrected chi connectivity index (χ4v) is 7.43. The number of alkyl halides is 3. The van der Waals surface area contributed by atoms with Crippen LogP contribution in [-0.2, 0) is 68.5 Å². The molecule has 0 bridgehead atoms. The number of halogens is 6. The van der Waals surface area contributed by atoms with E-state index in [1.807, 2.05) is 243 Å². The van der Waals surface area contributed by atoms with Crippen LogP contribution in [0.3, 0.4) is 0 Å². The normalized spacial score (nSPS) is 9.99. The predicted molar refractivity (Wildman–Crippen MR) is 333 cm³/mol. The minimum atomic E-state index is -5.84. The van der Waals surface area contributed by atoms with Crippen LogP contribution in [0.4, 0.5) is 16.8 Å². The standard InChI is InChI=1S/4C17H11N.CHF3O3S.BrH.FH.HI.4Ni/c4*1-2-7-14(8-3-1)15-9-6-10-16(13-15)17-11-4-5-12-18-17;2-1(3,4)8(5,6)7;;;;;;;/h4*1-7,9-12H;(H,5,6,7);3*1H;;;;/q4*-2;;;;;3*+1;+2/p-3. The fraction of sp³-hybridized carbons (Fsp3) is 0.0145. The van der Waals surface area contributed by atoms with Gasteiger partial charge in [-0.1, -0.05) is 48.5 Å². The molecule has 12 rings (SSSR count). The van der Waals surface area contributed by atoms with Gasteiger partial charge in [0.1, 0.15) is 0 Å². The molecule has 4 aromatic heterocycles. The zero-order chi connectivity index (χ0) is 61.8. The Morgan fingerprint density at radius 3 is 0.690 bits per heavy atom. The average molecular weight is 1530 g/mol. The van der Waals surface area contributed by atoms with Gasteiger partial charge in [0.05, 0.1) is 0 Å². The monoisotopic (exact) mass is 1520 g/mol. The SMILES string of the molecule is O=S(=O)(O)C(F)(F)F.[F][Ni].[Ni+2].[Ni][Br].[Ni][I].[c-]1ccccc1-c1[c-]c(-c2ccccn2)ccc1.[c-]1ccccc1-c1[c-]c(-c2ccccn2)ccc1.[c-]1ccccc1-c1[c-]c(-c2ccccn2)ccc1.[c-]1ccccc1-c1[c-]c(-c2ccccn2)ccc1. The van der Waals surface area contributed by atoms with Crippen molar-refractivity contribution in [3.8, 4) is 89.5 Å². The summed E-state index contributed by atoms with van der Waals surface area (Å²) in [4.78, 5) is 17.4. The van der Waals surface area contributed by atoms with Crippen LogP contribution in [0.15, 0.2) is 267 Å². The van der Waals surface area contributed by atoms with Gasteiger partial charge < -0.3 is 0 Å². The second-order valence-electron chi connectivity index (χ2n) is 16.8. The van der Waals surface area contributed by atoms with Gasteiger partial charge in [0, 0.05) is 47.6 Å². The number of hydrogen-bond acceptors (Lipinski definition) is 6. The van der Waals surface area contributed by atoms with E-state index in [4.69, 9.17) is 16.6 Å². The molecule has 1 N–H and O–H groups in total. The number of hydrogen-bond donors (Lipinski definition) is 1. The van der Waals surface area contributed by atoms with Crippen molar-refractivity contribution in [2.45, 2.75) is 5.51 Å². The van der Waals surface area contributed by atoms with Gasteiger partial charge in [0.15, 0.2) is 0 Å². The molecule has 0 aliphatic heterocycles. The van der Waals surface area contributed by atoms with Crippen molar-refractivity contribution in [2.75, 3.05) is 0 Å². The minimum absolute atomic E-state index is 0. The number of rotatable bonds is 8. The summed E-state index contributed by atoms with van der Waals surface area (Å²) in [6, 6.07) is 106. The van der Waals surface area contributed by atoms with Crippen molar-refractivity contribution in [1.29, 1.82) is 0 Å². The molecule has 0 radical (unpaired) electrons. The van der Waals surface area contributed by atoms with Crippen molar-refractivity contribution >= 4 is 44.8 Å². The molecule has 18 heteroatoms. The molecule has 0 saturated heterocycles. The van der Waals surface area contributed by atoms with Crippen LogP contribution in [0.25, 0.3) is 89.5 Å². The first-order chi connectivity index (χ1) is 42.0. The summed E-state index contributed by atoms with van der Waals surface area (Å²) in [5, 5.41) is 0. The molecular weight excluding hydrogens is 1480 g/mol. The van der Waals surface area contributed by atoms with E-state index in [9.17, 15) is 13.2 Å². The largest absolute Gasteiger partial charge is 0.295 e. The van der Waals surface area contributed by atoms with Crippen LogP contribution in [0.1, 0.15) is 0 Å². The molecular formula is C69H45BrF4IN4Ni4O3S-6. The Morgan fingerprint density at radius 2 is 0.529 bits per heavy atom. The van der Waals surface area contributed by atoms with Gasteiger partial charge in [0.25, 0.3) is 0 Å². The van der Waals surface area contributed by atoms with Crippen LogP contribution in [0.2, 0.25) is 0 Å². The van der Waals surface area contributed by atoms with E-state index < -0.39 is 15.6 Å². The van der Waals surface area contributed by atoms with Crippen molar-refractivity contribution in [3.05, 3.63) is 316 Å². The Bertz CT molecular complexity index is 3220. The molecule has 0 spiro atoms. The Kier molecular flexibility index (Phi) is 33.9. The molecule has 8 aromatic carbocycles. The summed E-state index contributed by atoms with van der Waals surface area (Å²) in [6.07, 6.45) is 7.18. The summed E-state index contributed by atoms with van der Waals surface area (Å²) < 4.78 is 66.7. The number of nitrogens with zero attached hydrogens (tertiary/aromatic N) is 4. The first kappa shape index (κ1) is 72.6. The molecule has 0 aliphatic rings. The molecule has 87 heavy (non-hydrogen) atoms. The van der Waals surface area contributed by atoms with Crippen molar-refractivity contribution in [2.24, 2.45) is 0 Å². The minimum Gasteiger partial charge on any atom is -0.295 e. The third kappa shape index (κ3) is 24.7. The fourth-order valence-electron chi connectivity index (χ4n) is 7.43. The van der Waals surface area contributed by atoms with Crippen LogP contribution < -0.4 is 0 Å². The Morgan fingerprint density at radius 1 is 0.345 bits per heavy atom. The summed E-state index contributed by atoms with van der Waals surface area (Å²) in [6.45, 7) is 0. The molecule has 453 valence electrons. The van der Waals surface area contributed by atoms with Gasteiger partial charge in [0.2, 0.25) is 0 Å². The van der Waals surface area contributed by atoms with E-state index in [-0.39, 0.29) is 16.5 Å². The molecule has 4 heterocycles. The first-order valence-electron chi connectivity index (χ1n) is 25.0. The van der Waals surface area contributed by atoms with Crippen molar-refractivity contribution < 1.29 is 88.1 Å². The maximum atomic E-state index is 10.7. The first-order valence-corrected chi connectivity index (χ1v) is 32.5. The smallest absolute Gasteiger partial charge is 0.0183 e. The quantitative estimate of drug-likeness (QED) is 0.0403. The van der Waals surface area contributed by atoms with Gasteiger partial charge in [-0.05, 0) is 24.3 Å². The van der Waals surface area contributed by atoms with E-state index in [1.165, 1.54) is 0 Å². The molecule has 0 atom stereocenters. The summed E-state index contributed by atoms with van der Waals surface area (Å²) >= 11 is 14.2. The van der Waals surface area contributed by atoms with Crippen molar-refractivity contribution in [3.63, 3.8) is 0 Å². The van der Waals surface area contributed by atoms with Crippen LogP contribution in [-0.4, -0.2) is 38.4 Å². The number of aromatic nitrogens is 4. The van der Waals surface area contributed by atoms with Gasteiger partial charge in [-0.15, -0.1) is 95.1 Å². The topological polar surface area (TPSA) is 106 Å². The predicted octanol–water partition coefficient (Wildman–Crippen LogP) is 18.6. The molecule has 0 fully saturated rings. The molecule has 7 nitrogen and oxygen atoms in total. The van der Waals surface area contributed by atoms with E-state index >= 15 is 0 Å². The van der Waals surface area contributed by atoms with Crippen molar-refractivity contribution in [1.82, 2.24) is 19.9 Å². The third-order valence-corrected chi connectivity index (χ3v) is 11.8. The zero-order valence-corrected chi connectivity index (χ0v) is 53.4. The summed E-state index contributed by atoms with van der Waals surface area (Å²) in [5.74, 6) is 0. The second kappa shape index (κ2) is 40.6. The summed E-state index contributed by atoms with van der Waals surface area (Å²) in [5.41, 5.74) is 10.6. The molecule has 0 amide bonds. The maximum Gasteiger partial charge on any atom is 0.0183 e. The van der Waals surface area contributed by atoms with E-state index in [1.54, 1.807) is 45.3 Å². The number of pyridine rings is 4. The maximum absolute atomic E-state index is 10.7. The molecule has 0 saturated carbocycles. The van der Waals surface area contributed by atoms with Crippen LogP contribution >= 0.6 is 34.7 Å². The average Bonchev–Trinajstić information content (AvgIpc) is 3.79. The third-order valence-electron chi connectivity index (χ3n) is 11.2. The molecule has 0 aliphatic carbocycles. The van der Waals surface area contributed by atoms with E-state index in [0.29, 0.717) is 0 Å². The summed E-state index contributed by atoms with van der Waals surface area (Å²) in [7, 11) is -5.84. The Hall–Kier alpha value is -6.83. The molecule has 0 unspecified atom stereocenters. The van der Waals surface area contributed by atoms with E-state index in [0.717, 1.165) is 89.5 Å². The van der Waals surface area contributed by atoms with Crippen LogP contribution in [0, 0.1) is 48.5 Å². The molecule has 12 aromatic rings.